The summed E-state index contributed by atoms with van der Waals surface area (Å²) in [7, 11) is 4.50. The van der Waals surface area contributed by atoms with Crippen molar-refractivity contribution in [2.45, 2.75) is 5.97 Å². The van der Waals surface area contributed by atoms with Gasteiger partial charge in [-0.05, 0) is 0 Å². The van der Waals surface area contributed by atoms with Crippen LogP contribution in [0.2, 0.25) is 0 Å². The van der Waals surface area contributed by atoms with Crippen molar-refractivity contribution >= 4 is 17.2 Å². The van der Waals surface area contributed by atoms with E-state index in [0.717, 1.165) is 0 Å². The van der Waals surface area contributed by atoms with Gasteiger partial charge in [-0.1, -0.05) is 0 Å². The fourth-order valence-corrected chi connectivity index (χ4v) is 0.902. The molecule has 4 nitrogen and oxygen atoms in total. The molecule has 0 aromatic rings. The number of ether oxygens (including phenoxy) is 3. The Hall–Kier alpha value is 0.398. The Labute approximate surface area is 69.6 Å². The minimum atomic E-state index is -1.07. The summed E-state index contributed by atoms with van der Waals surface area (Å²) in [6.07, 6.45) is 0. The van der Waals surface area contributed by atoms with Crippen molar-refractivity contribution in [3.63, 3.8) is 0 Å². The zero-order valence-electron chi connectivity index (χ0n) is 6.29. The van der Waals surface area contributed by atoms with E-state index in [1.807, 2.05) is 17.2 Å². The van der Waals surface area contributed by atoms with Crippen LogP contribution in [-0.4, -0.2) is 51.1 Å². The number of hydrogen-bond donors (Lipinski definition) is 0. The van der Waals surface area contributed by atoms with Gasteiger partial charge in [0.25, 0.3) is 0 Å². The van der Waals surface area contributed by atoms with Crippen LogP contribution in [0.5, 0.6) is 0 Å². The molecule has 0 N–H and O–H groups in total. The molecule has 0 heterocycles. The molecule has 0 fully saturated rings. The van der Waals surface area contributed by atoms with Crippen molar-refractivity contribution in [1.82, 2.24) is 0 Å². The third kappa shape index (κ3) is 2.56. The SMILES string of the molecule is COCC(OC)(OC)O[As]. The summed E-state index contributed by atoms with van der Waals surface area (Å²) in [5.41, 5.74) is 0. The second-order valence-corrected chi connectivity index (χ2v) is 2.00. The van der Waals surface area contributed by atoms with Crippen LogP contribution in [0, 0.1) is 0 Å². The van der Waals surface area contributed by atoms with Crippen LogP contribution < -0.4 is 0 Å². The van der Waals surface area contributed by atoms with Gasteiger partial charge in [0.1, 0.15) is 0 Å². The maximum atomic E-state index is 4.89. The summed E-state index contributed by atoms with van der Waals surface area (Å²) in [6.45, 7) is 0.231. The van der Waals surface area contributed by atoms with Gasteiger partial charge in [0.05, 0.1) is 0 Å². The molecule has 0 aromatic carbocycles. The summed E-state index contributed by atoms with van der Waals surface area (Å²) in [4.78, 5) is 0. The van der Waals surface area contributed by atoms with Crippen molar-refractivity contribution in [3.8, 4) is 0 Å². The minimum absolute atomic E-state index is 0.231. The average Bonchev–Trinajstić information content (AvgIpc) is 2.01. The molecular weight excluding hydrogens is 199 g/mol. The molecule has 0 unspecified atom stereocenters. The van der Waals surface area contributed by atoms with Gasteiger partial charge >= 0.3 is 69.0 Å². The Kier molecular flexibility index (Phi) is 5.31. The van der Waals surface area contributed by atoms with Crippen LogP contribution in [0.1, 0.15) is 0 Å². The molecular formula is C5H11AsO4. The summed E-state index contributed by atoms with van der Waals surface area (Å²) in [5.74, 6) is -1.07. The third-order valence-electron chi connectivity index (χ3n) is 1.08. The molecule has 5 heteroatoms. The van der Waals surface area contributed by atoms with Gasteiger partial charge in [0, 0.05) is 0 Å². The van der Waals surface area contributed by atoms with Gasteiger partial charge in [-0.15, -0.1) is 0 Å². The van der Waals surface area contributed by atoms with Crippen LogP contribution in [-0.2, 0) is 17.9 Å². The first-order chi connectivity index (χ1) is 4.74. The van der Waals surface area contributed by atoms with Crippen molar-refractivity contribution < 1.29 is 17.9 Å². The van der Waals surface area contributed by atoms with E-state index in [4.69, 9.17) is 17.9 Å². The molecule has 0 aliphatic rings. The quantitative estimate of drug-likeness (QED) is 0.460. The Balaban J connectivity index is 3.87. The Morgan fingerprint density at radius 2 is 1.70 bits per heavy atom. The zero-order chi connectivity index (χ0) is 8.04. The van der Waals surface area contributed by atoms with E-state index in [1.165, 1.54) is 14.2 Å². The van der Waals surface area contributed by atoms with Crippen molar-refractivity contribution in [3.05, 3.63) is 0 Å². The summed E-state index contributed by atoms with van der Waals surface area (Å²) in [6, 6.07) is 0. The maximum absolute atomic E-state index is 4.89. The van der Waals surface area contributed by atoms with Crippen molar-refractivity contribution in [2.75, 3.05) is 27.9 Å². The van der Waals surface area contributed by atoms with Crippen molar-refractivity contribution in [1.29, 1.82) is 0 Å². The third-order valence-corrected chi connectivity index (χ3v) is 1.67. The predicted molar refractivity (Wildman–Crippen MR) is 35.5 cm³/mol. The van der Waals surface area contributed by atoms with Crippen LogP contribution in [0.25, 0.3) is 0 Å². The topological polar surface area (TPSA) is 36.9 Å². The molecule has 10 heavy (non-hydrogen) atoms. The fraction of sp³-hybridized carbons (Fsp3) is 1.00. The van der Waals surface area contributed by atoms with Gasteiger partial charge < -0.3 is 0 Å². The monoisotopic (exact) mass is 210 g/mol. The van der Waals surface area contributed by atoms with E-state index in [0.29, 0.717) is 0 Å². The van der Waals surface area contributed by atoms with Gasteiger partial charge in [0.15, 0.2) is 0 Å². The molecule has 0 aromatic heterocycles. The average molecular weight is 210 g/mol. The van der Waals surface area contributed by atoms with E-state index in [9.17, 15) is 0 Å². The van der Waals surface area contributed by atoms with E-state index in [-0.39, 0.29) is 6.61 Å². The van der Waals surface area contributed by atoms with E-state index in [1.54, 1.807) is 7.11 Å². The molecule has 0 bridgehead atoms. The molecule has 0 amide bonds. The second-order valence-electron chi connectivity index (χ2n) is 1.62. The van der Waals surface area contributed by atoms with Crippen molar-refractivity contribution in [2.24, 2.45) is 0 Å². The zero-order valence-corrected chi connectivity index (χ0v) is 8.16. The Bertz CT molecular complexity index is 75.5. The normalized spacial score (nSPS) is 12.0. The van der Waals surface area contributed by atoms with Crippen LogP contribution in [0.4, 0.5) is 0 Å². The van der Waals surface area contributed by atoms with E-state index >= 15 is 0 Å². The molecule has 60 valence electrons. The molecule has 0 saturated heterocycles. The van der Waals surface area contributed by atoms with Crippen LogP contribution in [0.15, 0.2) is 0 Å². The van der Waals surface area contributed by atoms with Gasteiger partial charge in [-0.3, -0.25) is 0 Å². The predicted octanol–water partition coefficient (Wildman–Crippen LogP) is -0.321. The van der Waals surface area contributed by atoms with Gasteiger partial charge in [-0.2, -0.15) is 0 Å². The molecule has 0 aliphatic carbocycles. The standard InChI is InChI=1S/C5H11AsO4/c1-7-4-5(8-2,9-3)10-6/h4H2,1-3H3. The first kappa shape index (κ1) is 10.4. The van der Waals surface area contributed by atoms with E-state index in [2.05, 4.69) is 0 Å². The van der Waals surface area contributed by atoms with E-state index < -0.39 is 5.97 Å². The second kappa shape index (κ2) is 5.10. The summed E-state index contributed by atoms with van der Waals surface area (Å²) >= 11 is 1.92. The van der Waals surface area contributed by atoms with Crippen LogP contribution in [0.3, 0.4) is 0 Å². The Morgan fingerprint density at radius 3 is 1.80 bits per heavy atom. The number of methoxy groups -OCH3 is 3. The van der Waals surface area contributed by atoms with Gasteiger partial charge in [0.2, 0.25) is 0 Å². The molecule has 0 saturated carbocycles. The van der Waals surface area contributed by atoms with Crippen LogP contribution >= 0.6 is 0 Å². The number of hydrogen-bond acceptors (Lipinski definition) is 4. The molecule has 2 radical (unpaired) electrons. The molecule has 0 aliphatic heterocycles. The molecule has 0 atom stereocenters. The summed E-state index contributed by atoms with van der Waals surface area (Å²) < 4.78 is 19.4. The summed E-state index contributed by atoms with van der Waals surface area (Å²) in [5, 5.41) is 0. The first-order valence-electron chi connectivity index (χ1n) is 2.66. The Morgan fingerprint density at radius 1 is 1.20 bits per heavy atom. The fourth-order valence-electron chi connectivity index (χ4n) is 0.479. The number of rotatable bonds is 5. The molecule has 0 rings (SSSR count). The molecule has 0 spiro atoms. The van der Waals surface area contributed by atoms with Gasteiger partial charge in [-0.25, -0.2) is 0 Å². The first-order valence-corrected chi connectivity index (χ1v) is 3.43.